The minimum atomic E-state index is -0.405. The number of carbonyl (C=O) groups excluding carboxylic acids is 2. The number of ether oxygens (including phenoxy) is 1. The van der Waals surface area contributed by atoms with Gasteiger partial charge in [-0.05, 0) is 51.7 Å². The lowest BCUT2D eigenvalue weighted by Crippen LogP contribution is -2.42. The molecule has 182 valence electrons. The third-order valence-corrected chi connectivity index (χ3v) is 7.77. The van der Waals surface area contributed by atoms with Crippen LogP contribution in [0.4, 0.5) is 5.82 Å². The molecule has 2 aliphatic heterocycles. The Kier molecular flexibility index (Phi) is 8.21. The number of aromatic nitrogens is 1. The minimum absolute atomic E-state index is 0.0267. The summed E-state index contributed by atoms with van der Waals surface area (Å²) in [5.41, 5.74) is 0.756. The van der Waals surface area contributed by atoms with Gasteiger partial charge >= 0.3 is 5.97 Å². The van der Waals surface area contributed by atoms with Crippen molar-refractivity contribution in [3.8, 4) is 6.07 Å². The van der Waals surface area contributed by atoms with Crippen LogP contribution >= 0.6 is 24.0 Å². The van der Waals surface area contributed by atoms with Gasteiger partial charge in [-0.1, -0.05) is 30.9 Å². The van der Waals surface area contributed by atoms with Crippen molar-refractivity contribution in [3.63, 3.8) is 0 Å². The van der Waals surface area contributed by atoms with Gasteiger partial charge in [0.1, 0.15) is 21.8 Å². The normalized spacial score (nSPS) is 20.6. The Hall–Kier alpha value is -2.64. The highest BCUT2D eigenvalue weighted by molar-refractivity contribution is 8.26. The van der Waals surface area contributed by atoms with Crippen molar-refractivity contribution in [1.82, 2.24) is 9.47 Å². The Morgan fingerprint density at radius 1 is 1.38 bits per heavy atom. The van der Waals surface area contributed by atoms with Crippen molar-refractivity contribution >= 4 is 52.1 Å². The van der Waals surface area contributed by atoms with Gasteiger partial charge in [-0.3, -0.25) is 23.9 Å². The molecule has 2 saturated heterocycles. The van der Waals surface area contributed by atoms with Gasteiger partial charge in [-0.25, -0.2) is 0 Å². The largest absolute Gasteiger partial charge is 0.466 e. The topological polar surface area (TPSA) is 95.6 Å². The summed E-state index contributed by atoms with van der Waals surface area (Å²) in [6.07, 6.45) is 3.97. The number of nitriles is 1. The number of carbonyl (C=O) groups is 2. The number of amides is 1. The fourth-order valence-electron chi connectivity index (χ4n) is 4.39. The van der Waals surface area contributed by atoms with Crippen molar-refractivity contribution in [1.29, 1.82) is 5.26 Å². The van der Waals surface area contributed by atoms with Gasteiger partial charge in [0.15, 0.2) is 0 Å². The maximum Gasteiger partial charge on any atom is 0.310 e. The second-order valence-electron chi connectivity index (χ2n) is 8.56. The van der Waals surface area contributed by atoms with Gasteiger partial charge in [0, 0.05) is 31.7 Å². The molecular formula is C24H30N4O4S2. The minimum Gasteiger partial charge on any atom is -0.466 e. The summed E-state index contributed by atoms with van der Waals surface area (Å²) < 4.78 is 7.17. The van der Waals surface area contributed by atoms with Gasteiger partial charge < -0.3 is 9.64 Å². The summed E-state index contributed by atoms with van der Waals surface area (Å²) in [7, 11) is 1.62. The molecule has 2 fully saturated rings. The Morgan fingerprint density at radius 3 is 2.71 bits per heavy atom. The third kappa shape index (κ3) is 4.77. The molecular weight excluding hydrogens is 472 g/mol. The van der Waals surface area contributed by atoms with Crippen LogP contribution in [0, 0.1) is 24.2 Å². The number of hydrogen-bond donors (Lipinski definition) is 0. The van der Waals surface area contributed by atoms with Crippen LogP contribution in [0.1, 0.15) is 56.7 Å². The number of thiocarbonyl (C=S) groups is 1. The van der Waals surface area contributed by atoms with E-state index in [9.17, 15) is 19.6 Å². The van der Waals surface area contributed by atoms with E-state index >= 15 is 0 Å². The molecule has 0 radical (unpaired) electrons. The average Bonchev–Trinajstić information content (AvgIpc) is 3.10. The van der Waals surface area contributed by atoms with Gasteiger partial charge in [-0.15, -0.1) is 0 Å². The molecule has 0 N–H and O–H groups in total. The van der Waals surface area contributed by atoms with Crippen LogP contribution in [-0.4, -0.2) is 51.4 Å². The molecule has 2 atom stereocenters. The number of anilines is 1. The van der Waals surface area contributed by atoms with Crippen LogP contribution < -0.4 is 10.5 Å². The van der Waals surface area contributed by atoms with Gasteiger partial charge in [0.05, 0.1) is 17.4 Å². The van der Waals surface area contributed by atoms with E-state index in [4.69, 9.17) is 17.0 Å². The highest BCUT2D eigenvalue weighted by atomic mass is 32.2. The molecule has 2 unspecified atom stereocenters. The predicted molar refractivity (Wildman–Crippen MR) is 137 cm³/mol. The van der Waals surface area contributed by atoms with E-state index in [1.54, 1.807) is 31.9 Å². The second kappa shape index (κ2) is 10.7. The summed E-state index contributed by atoms with van der Waals surface area (Å²) in [6, 6.07) is 1.99. The van der Waals surface area contributed by atoms with Crippen LogP contribution in [0.15, 0.2) is 9.70 Å². The van der Waals surface area contributed by atoms with E-state index in [2.05, 4.69) is 0 Å². The molecule has 8 nitrogen and oxygen atoms in total. The molecule has 0 aliphatic carbocycles. The van der Waals surface area contributed by atoms with Crippen molar-refractivity contribution in [3.05, 3.63) is 31.9 Å². The summed E-state index contributed by atoms with van der Waals surface area (Å²) in [5, 5.41) is 9.66. The van der Waals surface area contributed by atoms with Gasteiger partial charge in [0.25, 0.3) is 11.5 Å². The van der Waals surface area contributed by atoms with E-state index in [1.165, 1.54) is 16.3 Å². The maximum atomic E-state index is 13.2. The Bertz CT molecular complexity index is 1150. The monoisotopic (exact) mass is 502 g/mol. The first-order valence-electron chi connectivity index (χ1n) is 11.5. The highest BCUT2D eigenvalue weighted by Gasteiger charge is 2.36. The van der Waals surface area contributed by atoms with Crippen LogP contribution in [0.2, 0.25) is 0 Å². The van der Waals surface area contributed by atoms with Gasteiger partial charge in [-0.2, -0.15) is 5.26 Å². The number of pyridine rings is 1. The first-order chi connectivity index (χ1) is 16.2. The lowest BCUT2D eigenvalue weighted by Gasteiger charge is -2.35. The first-order valence-corrected chi connectivity index (χ1v) is 12.7. The molecule has 1 aromatic heterocycles. The van der Waals surface area contributed by atoms with Crippen molar-refractivity contribution in [2.75, 3.05) is 24.6 Å². The number of thioether (sulfide) groups is 1. The fraction of sp³-hybridized carbons (Fsp3) is 0.542. The SMILES string of the molecule is CCOC(=O)C1CCCN(c2c(/C=C3/SC(=S)N(C(C)CC)C3=O)c(C)c(C#N)c(=O)n2C)C1. The number of piperidine rings is 1. The summed E-state index contributed by atoms with van der Waals surface area (Å²) in [6.45, 7) is 8.80. The molecule has 1 amide bonds. The molecule has 3 heterocycles. The van der Waals surface area contributed by atoms with E-state index in [1.807, 2.05) is 24.8 Å². The quantitative estimate of drug-likeness (QED) is 0.332. The molecule has 0 aromatic carbocycles. The van der Waals surface area contributed by atoms with Crippen LogP contribution in [-0.2, 0) is 21.4 Å². The fourth-order valence-corrected chi connectivity index (χ4v) is 5.83. The number of esters is 1. The van der Waals surface area contributed by atoms with Crippen molar-refractivity contribution < 1.29 is 14.3 Å². The zero-order valence-corrected chi connectivity index (χ0v) is 21.8. The zero-order chi connectivity index (χ0) is 25.2. The Morgan fingerprint density at radius 2 is 2.09 bits per heavy atom. The maximum absolute atomic E-state index is 13.2. The van der Waals surface area contributed by atoms with Crippen LogP contribution in [0.5, 0.6) is 0 Å². The molecule has 10 heteroatoms. The lowest BCUT2D eigenvalue weighted by atomic mass is 9.96. The standard InChI is InChI=1S/C24H30N4O4S2/c1-6-14(3)28-22(30)19(34-24(28)33)11-17-15(4)18(12-25)21(29)26(5)20(17)27-10-8-9-16(13-27)23(31)32-7-2/h11,14,16H,6-10,13H2,1-5H3/b19-11+. The number of rotatable bonds is 6. The van der Waals surface area contributed by atoms with E-state index in [0.717, 1.165) is 12.8 Å². The Labute approximate surface area is 209 Å². The summed E-state index contributed by atoms with van der Waals surface area (Å²) >= 11 is 6.69. The zero-order valence-electron chi connectivity index (χ0n) is 20.2. The van der Waals surface area contributed by atoms with E-state index in [-0.39, 0.29) is 29.4 Å². The number of hydrogen-bond acceptors (Lipinski definition) is 8. The van der Waals surface area contributed by atoms with E-state index < -0.39 is 5.56 Å². The molecule has 0 bridgehead atoms. The smallest absolute Gasteiger partial charge is 0.310 e. The lowest BCUT2D eigenvalue weighted by molar-refractivity contribution is -0.148. The van der Waals surface area contributed by atoms with Crippen molar-refractivity contribution in [2.24, 2.45) is 13.0 Å². The number of nitrogens with zero attached hydrogens (tertiary/aromatic N) is 4. The second-order valence-corrected chi connectivity index (χ2v) is 10.2. The summed E-state index contributed by atoms with van der Waals surface area (Å²) in [5.74, 6) is -0.149. The first kappa shape index (κ1) is 26.0. The molecule has 0 saturated carbocycles. The van der Waals surface area contributed by atoms with Crippen LogP contribution in [0.3, 0.4) is 0 Å². The Balaban J connectivity index is 2.14. The third-order valence-electron chi connectivity index (χ3n) is 6.44. The summed E-state index contributed by atoms with van der Waals surface area (Å²) in [4.78, 5) is 42.7. The predicted octanol–water partition coefficient (Wildman–Crippen LogP) is 3.34. The van der Waals surface area contributed by atoms with Crippen LogP contribution in [0.25, 0.3) is 6.08 Å². The average molecular weight is 503 g/mol. The molecule has 3 rings (SSSR count). The molecule has 34 heavy (non-hydrogen) atoms. The van der Waals surface area contributed by atoms with Crippen molar-refractivity contribution in [2.45, 2.75) is 53.0 Å². The molecule has 0 spiro atoms. The molecule has 1 aromatic rings. The molecule has 2 aliphatic rings. The van der Waals surface area contributed by atoms with Gasteiger partial charge in [0.2, 0.25) is 0 Å². The van der Waals surface area contributed by atoms with E-state index in [0.29, 0.717) is 52.3 Å². The highest BCUT2D eigenvalue weighted by Crippen LogP contribution is 2.37.